The molecule has 19 heavy (non-hydrogen) atoms. The first-order valence-corrected chi connectivity index (χ1v) is 7.62. The Kier molecular flexibility index (Phi) is 8.26. The minimum Gasteiger partial charge on any atom is -0.493 e. The van der Waals surface area contributed by atoms with Crippen LogP contribution in [0.5, 0.6) is 5.75 Å². The smallest absolute Gasteiger partial charge is 0.125 e. The Morgan fingerprint density at radius 3 is 2.74 bits per heavy atom. The Morgan fingerprint density at radius 1 is 1.21 bits per heavy atom. The summed E-state index contributed by atoms with van der Waals surface area (Å²) in [5.74, 6) is 1.64. The van der Waals surface area contributed by atoms with Gasteiger partial charge in [0.25, 0.3) is 0 Å². The number of hydrogen-bond donors (Lipinski definition) is 2. The molecule has 0 aliphatic heterocycles. The van der Waals surface area contributed by atoms with E-state index in [0.717, 1.165) is 38.3 Å². The number of quaternary nitrogens is 2. The van der Waals surface area contributed by atoms with Crippen molar-refractivity contribution in [1.29, 1.82) is 0 Å². The second-order valence-corrected chi connectivity index (χ2v) is 5.12. The molecule has 3 nitrogen and oxygen atoms in total. The first-order chi connectivity index (χ1) is 9.29. The van der Waals surface area contributed by atoms with Crippen molar-refractivity contribution < 1.29 is 15.8 Å². The molecule has 1 rings (SSSR count). The lowest BCUT2D eigenvalue weighted by molar-refractivity contribution is -0.670. The zero-order valence-electron chi connectivity index (χ0n) is 12.5. The van der Waals surface area contributed by atoms with Crippen molar-refractivity contribution in [2.75, 3.05) is 26.2 Å². The first kappa shape index (κ1) is 16.0. The fraction of sp³-hybridized carbons (Fsp3) is 0.625. The Balaban J connectivity index is 2.29. The maximum atomic E-state index is 5.94. The van der Waals surface area contributed by atoms with Crippen molar-refractivity contribution >= 4 is 0 Å². The zero-order valence-corrected chi connectivity index (χ0v) is 12.5. The van der Waals surface area contributed by atoms with E-state index in [2.05, 4.69) is 49.2 Å². The van der Waals surface area contributed by atoms with Crippen molar-refractivity contribution in [2.45, 2.75) is 39.0 Å². The van der Waals surface area contributed by atoms with Crippen LogP contribution in [0.15, 0.2) is 24.3 Å². The lowest BCUT2D eigenvalue weighted by atomic mass is 9.98. The van der Waals surface area contributed by atoms with E-state index >= 15 is 0 Å². The molecule has 0 aliphatic carbocycles. The van der Waals surface area contributed by atoms with Gasteiger partial charge < -0.3 is 15.8 Å². The number of hydrogen-bond acceptors (Lipinski definition) is 1. The van der Waals surface area contributed by atoms with Crippen LogP contribution in [0.1, 0.15) is 44.6 Å². The first-order valence-electron chi connectivity index (χ1n) is 7.62. The molecule has 1 aromatic carbocycles. The molecule has 0 bridgehead atoms. The monoisotopic (exact) mass is 266 g/mol. The summed E-state index contributed by atoms with van der Waals surface area (Å²) in [6, 6.07) is 8.44. The summed E-state index contributed by atoms with van der Waals surface area (Å²) in [4.78, 5) is 0. The molecule has 0 fully saturated rings. The van der Waals surface area contributed by atoms with Gasteiger partial charge in [-0.3, -0.25) is 0 Å². The van der Waals surface area contributed by atoms with E-state index in [-0.39, 0.29) is 0 Å². The number of rotatable bonds is 10. The van der Waals surface area contributed by atoms with Gasteiger partial charge in [-0.25, -0.2) is 0 Å². The van der Waals surface area contributed by atoms with Gasteiger partial charge in [-0.2, -0.15) is 0 Å². The molecule has 3 heteroatoms. The van der Waals surface area contributed by atoms with Gasteiger partial charge in [-0.05, 0) is 36.8 Å². The number of para-hydroxylation sites is 1. The highest BCUT2D eigenvalue weighted by Gasteiger charge is 2.08. The summed E-state index contributed by atoms with van der Waals surface area (Å²) >= 11 is 0. The fourth-order valence-electron chi connectivity index (χ4n) is 2.10. The van der Waals surface area contributed by atoms with Crippen molar-refractivity contribution in [3.05, 3.63) is 29.8 Å². The highest BCUT2D eigenvalue weighted by atomic mass is 16.5. The number of unbranched alkanes of at least 4 members (excludes halogenated alkanes) is 1. The van der Waals surface area contributed by atoms with E-state index in [0.29, 0.717) is 5.92 Å². The molecule has 0 aliphatic rings. The van der Waals surface area contributed by atoms with Gasteiger partial charge in [-0.15, -0.1) is 0 Å². The standard InChI is InChI=1S/C16H28N2O/c1-3-14(2)15-8-4-5-9-16(15)19-13-7-6-11-18-12-10-17/h4-5,8-9,14,18H,3,6-7,10-13,17H2,1-2H3/p+2/t14-/m1/s1. The highest BCUT2D eigenvalue weighted by Crippen LogP contribution is 2.28. The summed E-state index contributed by atoms with van der Waals surface area (Å²) < 4.78 is 5.94. The molecule has 0 saturated carbocycles. The molecular weight excluding hydrogens is 236 g/mol. The summed E-state index contributed by atoms with van der Waals surface area (Å²) in [7, 11) is 0. The minimum absolute atomic E-state index is 0.571. The van der Waals surface area contributed by atoms with Crippen molar-refractivity contribution in [1.82, 2.24) is 0 Å². The van der Waals surface area contributed by atoms with Crippen LogP contribution in [0.3, 0.4) is 0 Å². The van der Waals surface area contributed by atoms with Crippen LogP contribution >= 0.6 is 0 Å². The molecule has 0 aromatic heterocycles. The summed E-state index contributed by atoms with van der Waals surface area (Å²) in [5, 5.41) is 2.33. The normalized spacial score (nSPS) is 12.4. The largest absolute Gasteiger partial charge is 0.493 e. The Morgan fingerprint density at radius 2 is 2.00 bits per heavy atom. The van der Waals surface area contributed by atoms with E-state index in [9.17, 15) is 0 Å². The molecule has 5 N–H and O–H groups in total. The average Bonchev–Trinajstić information content (AvgIpc) is 2.46. The molecule has 1 atom stereocenters. The number of ether oxygens (including phenoxy) is 1. The van der Waals surface area contributed by atoms with Crippen LogP contribution in [0, 0.1) is 0 Å². The van der Waals surface area contributed by atoms with E-state index < -0.39 is 0 Å². The fourth-order valence-corrected chi connectivity index (χ4v) is 2.10. The molecule has 0 spiro atoms. The lowest BCUT2D eigenvalue weighted by Gasteiger charge is -2.15. The maximum Gasteiger partial charge on any atom is 0.125 e. The summed E-state index contributed by atoms with van der Waals surface area (Å²) in [6.45, 7) is 8.64. The van der Waals surface area contributed by atoms with Crippen LogP contribution in [-0.4, -0.2) is 26.2 Å². The highest BCUT2D eigenvalue weighted by molar-refractivity contribution is 5.35. The van der Waals surface area contributed by atoms with Gasteiger partial charge in [0.1, 0.15) is 18.8 Å². The Bertz CT molecular complexity index is 341. The molecule has 0 unspecified atom stereocenters. The number of nitrogens with two attached hydrogens (primary N) is 1. The zero-order chi connectivity index (χ0) is 13.9. The van der Waals surface area contributed by atoms with E-state index in [1.54, 1.807) is 0 Å². The second kappa shape index (κ2) is 9.82. The summed E-state index contributed by atoms with van der Waals surface area (Å²) in [5.41, 5.74) is 5.18. The maximum absolute atomic E-state index is 5.94. The van der Waals surface area contributed by atoms with Crippen molar-refractivity contribution in [3.8, 4) is 5.75 Å². The minimum atomic E-state index is 0.571. The molecule has 0 amide bonds. The predicted octanol–water partition coefficient (Wildman–Crippen LogP) is 1.16. The predicted molar refractivity (Wildman–Crippen MR) is 79.3 cm³/mol. The molecule has 0 heterocycles. The Labute approximate surface area is 117 Å². The van der Waals surface area contributed by atoms with Crippen molar-refractivity contribution in [2.24, 2.45) is 0 Å². The molecule has 108 valence electrons. The average molecular weight is 266 g/mol. The Hall–Kier alpha value is -1.06. The van der Waals surface area contributed by atoms with Gasteiger partial charge in [0.05, 0.1) is 13.2 Å². The third-order valence-corrected chi connectivity index (χ3v) is 3.53. The van der Waals surface area contributed by atoms with Gasteiger partial charge in [0.15, 0.2) is 0 Å². The summed E-state index contributed by atoms with van der Waals surface area (Å²) in [6.07, 6.45) is 3.49. The van der Waals surface area contributed by atoms with Gasteiger partial charge >= 0.3 is 0 Å². The van der Waals surface area contributed by atoms with Crippen LogP contribution in [0.2, 0.25) is 0 Å². The van der Waals surface area contributed by atoms with Crippen LogP contribution in [-0.2, 0) is 0 Å². The molecular formula is C16H30N2O+2. The number of benzene rings is 1. The molecule has 1 aromatic rings. The van der Waals surface area contributed by atoms with Crippen LogP contribution in [0.4, 0.5) is 0 Å². The van der Waals surface area contributed by atoms with Crippen LogP contribution < -0.4 is 15.8 Å². The van der Waals surface area contributed by atoms with Gasteiger partial charge in [0.2, 0.25) is 0 Å². The third kappa shape index (κ3) is 6.08. The molecule has 0 radical (unpaired) electrons. The van der Waals surface area contributed by atoms with Gasteiger partial charge in [0, 0.05) is 0 Å². The topological polar surface area (TPSA) is 53.5 Å². The van der Waals surface area contributed by atoms with Crippen LogP contribution in [0.25, 0.3) is 0 Å². The van der Waals surface area contributed by atoms with E-state index in [4.69, 9.17) is 4.74 Å². The quantitative estimate of drug-likeness (QED) is 0.614. The van der Waals surface area contributed by atoms with Crippen molar-refractivity contribution in [3.63, 3.8) is 0 Å². The molecule has 0 saturated heterocycles. The van der Waals surface area contributed by atoms with Gasteiger partial charge in [-0.1, -0.05) is 32.0 Å². The third-order valence-electron chi connectivity index (χ3n) is 3.53. The lowest BCUT2D eigenvalue weighted by Crippen LogP contribution is -2.88. The van der Waals surface area contributed by atoms with E-state index in [1.807, 2.05) is 0 Å². The SMILES string of the molecule is CC[C@@H](C)c1ccccc1OCCCC[NH2+]CC[NH3+]. The van der Waals surface area contributed by atoms with E-state index in [1.165, 1.54) is 18.5 Å². The second-order valence-electron chi connectivity index (χ2n) is 5.12.